The molecule has 1 aromatic heterocycles. The first-order valence-corrected chi connectivity index (χ1v) is 8.09. The molecule has 0 radical (unpaired) electrons. The van der Waals surface area contributed by atoms with Gasteiger partial charge in [0.15, 0.2) is 5.03 Å². The van der Waals surface area contributed by atoms with Gasteiger partial charge in [0.1, 0.15) is 0 Å². The Morgan fingerprint density at radius 3 is 2.83 bits per heavy atom. The van der Waals surface area contributed by atoms with Crippen molar-refractivity contribution in [1.82, 2.24) is 15.2 Å². The van der Waals surface area contributed by atoms with Gasteiger partial charge in [0.2, 0.25) is 5.91 Å². The lowest BCUT2D eigenvalue weighted by Crippen LogP contribution is -2.29. The number of aromatic amines is 2. The number of carbonyl (C=O) groups excluding carboxylic acids is 1. The normalized spacial score (nSPS) is 12.0. The molecule has 9 heteroatoms. The Morgan fingerprint density at radius 1 is 1.43 bits per heavy atom. The van der Waals surface area contributed by atoms with Gasteiger partial charge in [-0.3, -0.25) is 14.6 Å². The Labute approximate surface area is 140 Å². The van der Waals surface area contributed by atoms with Crippen LogP contribution in [-0.2, 0) is 4.79 Å². The Balaban J connectivity index is 2.17. The number of amides is 1. The van der Waals surface area contributed by atoms with Crippen LogP contribution in [0, 0.1) is 6.92 Å². The molecule has 0 saturated heterocycles. The van der Waals surface area contributed by atoms with E-state index in [0.29, 0.717) is 17.1 Å². The minimum absolute atomic E-state index is 0.0365. The largest absolute Gasteiger partial charge is 0.342 e. The molecule has 2 rings (SSSR count). The SMILES string of the molecule is CCC(Sc1n[nH]c(=O)[nH]c1=O)C(=O)Nc1cc(Cl)ccc1C. The summed E-state index contributed by atoms with van der Waals surface area (Å²) in [5.41, 5.74) is 0.183. The molecule has 122 valence electrons. The average Bonchev–Trinajstić information content (AvgIpc) is 2.50. The molecule has 1 heterocycles. The number of anilines is 1. The van der Waals surface area contributed by atoms with Crippen LogP contribution in [0.3, 0.4) is 0 Å². The van der Waals surface area contributed by atoms with Crippen LogP contribution in [0.1, 0.15) is 18.9 Å². The van der Waals surface area contributed by atoms with Crippen molar-refractivity contribution >= 4 is 35.0 Å². The molecule has 0 aliphatic carbocycles. The van der Waals surface area contributed by atoms with E-state index in [1.165, 1.54) is 0 Å². The lowest BCUT2D eigenvalue weighted by atomic mass is 10.2. The van der Waals surface area contributed by atoms with E-state index in [2.05, 4.69) is 20.5 Å². The third-order valence-corrected chi connectivity index (χ3v) is 4.62. The summed E-state index contributed by atoms with van der Waals surface area (Å²) in [6.07, 6.45) is 0.482. The molecule has 0 spiro atoms. The molecule has 1 amide bonds. The highest BCUT2D eigenvalue weighted by Crippen LogP contribution is 2.24. The van der Waals surface area contributed by atoms with E-state index >= 15 is 0 Å². The van der Waals surface area contributed by atoms with Crippen LogP contribution in [0.25, 0.3) is 0 Å². The van der Waals surface area contributed by atoms with Gasteiger partial charge < -0.3 is 5.32 Å². The van der Waals surface area contributed by atoms with Gasteiger partial charge in [-0.15, -0.1) is 0 Å². The first-order chi connectivity index (χ1) is 10.9. The van der Waals surface area contributed by atoms with Crippen molar-refractivity contribution in [1.29, 1.82) is 0 Å². The van der Waals surface area contributed by atoms with Gasteiger partial charge in [-0.25, -0.2) is 9.89 Å². The first kappa shape index (κ1) is 17.3. The second-order valence-corrected chi connectivity index (χ2v) is 6.40. The number of benzene rings is 1. The van der Waals surface area contributed by atoms with Crippen LogP contribution in [0.5, 0.6) is 0 Å². The molecule has 1 aromatic carbocycles. The predicted molar refractivity (Wildman–Crippen MR) is 90.2 cm³/mol. The fourth-order valence-corrected chi connectivity index (χ4v) is 2.85. The summed E-state index contributed by atoms with van der Waals surface area (Å²) in [6.45, 7) is 3.68. The minimum Gasteiger partial charge on any atom is -0.325 e. The van der Waals surface area contributed by atoms with E-state index in [1.807, 2.05) is 13.8 Å². The van der Waals surface area contributed by atoms with E-state index < -0.39 is 16.5 Å². The topological polar surface area (TPSA) is 108 Å². The molecule has 0 aliphatic rings. The van der Waals surface area contributed by atoms with Crippen molar-refractivity contribution in [3.8, 4) is 0 Å². The lowest BCUT2D eigenvalue weighted by Gasteiger charge is -2.15. The van der Waals surface area contributed by atoms with E-state index in [0.717, 1.165) is 17.3 Å². The fraction of sp³-hybridized carbons (Fsp3) is 0.286. The number of aryl methyl sites for hydroxylation is 1. The minimum atomic E-state index is -0.689. The number of aromatic nitrogens is 3. The first-order valence-electron chi connectivity index (χ1n) is 6.83. The summed E-state index contributed by atoms with van der Waals surface area (Å²) in [5.74, 6) is -0.268. The number of carbonyl (C=O) groups is 1. The Bertz CT molecular complexity index is 833. The van der Waals surface area contributed by atoms with E-state index in [9.17, 15) is 14.4 Å². The Morgan fingerprint density at radius 2 is 2.17 bits per heavy atom. The van der Waals surface area contributed by atoms with Crippen molar-refractivity contribution in [3.05, 3.63) is 49.6 Å². The highest BCUT2D eigenvalue weighted by Gasteiger charge is 2.21. The predicted octanol–water partition coefficient (Wildman–Crippen LogP) is 1.93. The highest BCUT2D eigenvalue weighted by molar-refractivity contribution is 8.00. The molecule has 7 nitrogen and oxygen atoms in total. The fourth-order valence-electron chi connectivity index (χ4n) is 1.82. The molecular weight excluding hydrogens is 340 g/mol. The highest BCUT2D eigenvalue weighted by atomic mass is 35.5. The number of hydrogen-bond donors (Lipinski definition) is 3. The number of halogens is 1. The summed E-state index contributed by atoms with van der Waals surface area (Å²) in [4.78, 5) is 37.1. The Hall–Kier alpha value is -2.06. The smallest absolute Gasteiger partial charge is 0.325 e. The van der Waals surface area contributed by atoms with Crippen molar-refractivity contribution in [2.75, 3.05) is 5.32 Å². The average molecular weight is 355 g/mol. The summed E-state index contributed by atoms with van der Waals surface area (Å²) in [6, 6.07) is 5.21. The zero-order valence-corrected chi connectivity index (χ0v) is 14.0. The van der Waals surface area contributed by atoms with Crippen molar-refractivity contribution in [3.63, 3.8) is 0 Å². The molecular formula is C14H15ClN4O3S. The lowest BCUT2D eigenvalue weighted by molar-refractivity contribution is -0.115. The maximum atomic E-state index is 12.4. The third kappa shape index (κ3) is 4.46. The van der Waals surface area contributed by atoms with Crippen LogP contribution in [0.4, 0.5) is 5.69 Å². The molecule has 0 aliphatic heterocycles. The molecule has 0 fully saturated rings. The van der Waals surface area contributed by atoms with E-state index in [-0.39, 0.29) is 10.9 Å². The van der Waals surface area contributed by atoms with E-state index in [4.69, 9.17) is 11.6 Å². The van der Waals surface area contributed by atoms with Crippen LogP contribution in [0.15, 0.2) is 32.8 Å². The molecule has 0 saturated carbocycles. The second-order valence-electron chi connectivity index (χ2n) is 4.78. The number of rotatable bonds is 5. The molecule has 2 aromatic rings. The van der Waals surface area contributed by atoms with Gasteiger partial charge in [0.05, 0.1) is 5.25 Å². The van der Waals surface area contributed by atoms with Crippen molar-refractivity contribution in [2.24, 2.45) is 0 Å². The number of thioether (sulfide) groups is 1. The molecule has 0 bridgehead atoms. The number of nitrogens with one attached hydrogen (secondary N) is 3. The number of nitrogens with zero attached hydrogens (tertiary/aromatic N) is 1. The van der Waals surface area contributed by atoms with Crippen LogP contribution in [0.2, 0.25) is 5.02 Å². The van der Waals surface area contributed by atoms with Gasteiger partial charge in [-0.2, -0.15) is 5.10 Å². The van der Waals surface area contributed by atoms with Crippen LogP contribution >= 0.6 is 23.4 Å². The van der Waals surface area contributed by atoms with Crippen molar-refractivity contribution in [2.45, 2.75) is 30.5 Å². The number of H-pyrrole nitrogens is 2. The van der Waals surface area contributed by atoms with E-state index in [1.54, 1.807) is 18.2 Å². The maximum Gasteiger partial charge on any atom is 0.342 e. The zero-order valence-electron chi connectivity index (χ0n) is 12.5. The quantitative estimate of drug-likeness (QED) is 0.711. The Kier molecular flexibility index (Phi) is 5.62. The van der Waals surface area contributed by atoms with Gasteiger partial charge in [0.25, 0.3) is 5.56 Å². The monoisotopic (exact) mass is 354 g/mol. The number of hydrogen-bond acceptors (Lipinski definition) is 5. The second kappa shape index (κ2) is 7.47. The molecule has 1 atom stereocenters. The summed E-state index contributed by atoms with van der Waals surface area (Å²) < 4.78 is 0. The van der Waals surface area contributed by atoms with Gasteiger partial charge >= 0.3 is 5.69 Å². The third-order valence-electron chi connectivity index (χ3n) is 3.05. The summed E-state index contributed by atoms with van der Waals surface area (Å²) in [7, 11) is 0. The van der Waals surface area contributed by atoms with Gasteiger partial charge in [-0.1, -0.05) is 36.4 Å². The van der Waals surface area contributed by atoms with Gasteiger partial charge in [0, 0.05) is 10.7 Å². The molecule has 23 heavy (non-hydrogen) atoms. The summed E-state index contributed by atoms with van der Waals surface area (Å²) in [5, 5.41) is 8.63. The summed E-state index contributed by atoms with van der Waals surface area (Å²) >= 11 is 6.92. The van der Waals surface area contributed by atoms with Gasteiger partial charge in [-0.05, 0) is 31.0 Å². The van der Waals surface area contributed by atoms with Crippen molar-refractivity contribution < 1.29 is 4.79 Å². The van der Waals surface area contributed by atoms with Crippen LogP contribution in [-0.4, -0.2) is 26.3 Å². The molecule has 3 N–H and O–H groups in total. The maximum absolute atomic E-state index is 12.4. The standard InChI is InChI=1S/C14H15ClN4O3S/c1-3-10(23-13-12(21)17-14(22)19-18-13)11(20)16-9-6-8(15)5-4-7(9)2/h4-6,10H,3H2,1-2H3,(H,16,20)(H2,17,19,21,22). The zero-order chi connectivity index (χ0) is 17.0. The molecule has 1 unspecified atom stereocenters. The van der Waals surface area contributed by atoms with Crippen LogP contribution < -0.4 is 16.6 Å².